The summed E-state index contributed by atoms with van der Waals surface area (Å²) in [7, 11) is -3.64. The molecule has 2 rings (SSSR count). The van der Waals surface area contributed by atoms with Crippen molar-refractivity contribution in [3.8, 4) is 0 Å². The van der Waals surface area contributed by atoms with E-state index in [1.165, 1.54) is 16.4 Å². The van der Waals surface area contributed by atoms with Crippen LogP contribution >= 0.6 is 12.2 Å². The Morgan fingerprint density at radius 1 is 1.38 bits per heavy atom. The Morgan fingerprint density at radius 3 is 2.62 bits per heavy atom. The molecule has 1 aromatic rings. The molecule has 1 saturated heterocycles. The van der Waals surface area contributed by atoms with Crippen LogP contribution in [-0.2, 0) is 10.0 Å². The van der Waals surface area contributed by atoms with Gasteiger partial charge in [0.1, 0.15) is 10.8 Å². The predicted octanol–water partition coefficient (Wildman–Crippen LogP) is 2.13. The molecule has 1 aliphatic rings. The van der Waals surface area contributed by atoms with Gasteiger partial charge in [0.25, 0.3) is 0 Å². The van der Waals surface area contributed by atoms with Crippen LogP contribution in [0.5, 0.6) is 0 Å². The number of nitrogens with two attached hydrogens (primary N) is 1. The Balaban J connectivity index is 2.36. The number of piperidine rings is 1. The van der Waals surface area contributed by atoms with Gasteiger partial charge >= 0.3 is 0 Å². The summed E-state index contributed by atoms with van der Waals surface area (Å²) < 4.78 is 40.3. The number of hydrogen-bond donors (Lipinski definition) is 1. The molecule has 0 aromatic heterocycles. The second-order valence-electron chi connectivity index (χ2n) is 5.61. The van der Waals surface area contributed by atoms with Gasteiger partial charge in [0, 0.05) is 18.7 Å². The van der Waals surface area contributed by atoms with Crippen molar-refractivity contribution in [2.75, 3.05) is 13.1 Å². The van der Waals surface area contributed by atoms with E-state index in [1.807, 2.05) is 6.92 Å². The molecule has 0 spiro atoms. The van der Waals surface area contributed by atoms with E-state index in [0.29, 0.717) is 24.9 Å². The molecule has 2 N–H and O–H groups in total. The van der Waals surface area contributed by atoms with E-state index in [-0.39, 0.29) is 15.4 Å². The fourth-order valence-corrected chi connectivity index (χ4v) is 4.18. The fourth-order valence-electron chi connectivity index (χ4n) is 2.45. The van der Waals surface area contributed by atoms with Crippen molar-refractivity contribution in [1.29, 1.82) is 0 Å². The van der Waals surface area contributed by atoms with Crippen molar-refractivity contribution in [3.63, 3.8) is 0 Å². The Kier molecular flexibility index (Phi) is 4.65. The zero-order valence-electron chi connectivity index (χ0n) is 12.0. The summed E-state index contributed by atoms with van der Waals surface area (Å²) in [5, 5.41) is 0. The van der Waals surface area contributed by atoms with Crippen LogP contribution in [0.3, 0.4) is 0 Å². The smallest absolute Gasteiger partial charge is 0.243 e. The van der Waals surface area contributed by atoms with Crippen molar-refractivity contribution in [1.82, 2.24) is 4.31 Å². The van der Waals surface area contributed by atoms with Crippen molar-refractivity contribution >= 4 is 27.2 Å². The van der Waals surface area contributed by atoms with Gasteiger partial charge in [-0.25, -0.2) is 12.8 Å². The highest BCUT2D eigenvalue weighted by molar-refractivity contribution is 7.89. The SMILES string of the molecule is CC1CCN(S(=O)(=O)c2ccc(F)c(C(N)=S)c2)CC1C. The van der Waals surface area contributed by atoms with Crippen LogP contribution in [0.1, 0.15) is 25.8 Å². The molecule has 1 aromatic carbocycles. The third kappa shape index (κ3) is 3.25. The summed E-state index contributed by atoms with van der Waals surface area (Å²) in [5.74, 6) is 0.183. The predicted molar refractivity (Wildman–Crippen MR) is 84.0 cm³/mol. The largest absolute Gasteiger partial charge is 0.389 e. The molecule has 21 heavy (non-hydrogen) atoms. The topological polar surface area (TPSA) is 63.4 Å². The zero-order chi connectivity index (χ0) is 15.8. The van der Waals surface area contributed by atoms with Gasteiger partial charge in [-0.15, -0.1) is 0 Å². The summed E-state index contributed by atoms with van der Waals surface area (Å²) in [6.45, 7) is 5.12. The monoisotopic (exact) mass is 330 g/mol. The second kappa shape index (κ2) is 5.98. The molecule has 1 aliphatic heterocycles. The number of halogens is 1. The van der Waals surface area contributed by atoms with E-state index in [9.17, 15) is 12.8 Å². The zero-order valence-corrected chi connectivity index (χ0v) is 13.7. The van der Waals surface area contributed by atoms with Crippen LogP contribution < -0.4 is 5.73 Å². The minimum atomic E-state index is -3.64. The van der Waals surface area contributed by atoms with Crippen LogP contribution in [0.4, 0.5) is 4.39 Å². The summed E-state index contributed by atoms with van der Waals surface area (Å²) in [4.78, 5) is -0.112. The van der Waals surface area contributed by atoms with E-state index in [0.717, 1.165) is 12.5 Å². The molecule has 4 nitrogen and oxygen atoms in total. The number of sulfonamides is 1. The van der Waals surface area contributed by atoms with Crippen molar-refractivity contribution in [3.05, 3.63) is 29.6 Å². The Morgan fingerprint density at radius 2 is 2.05 bits per heavy atom. The first-order chi connectivity index (χ1) is 9.73. The van der Waals surface area contributed by atoms with Crippen LogP contribution in [0.15, 0.2) is 23.1 Å². The molecular formula is C14H19FN2O2S2. The average molecular weight is 330 g/mol. The lowest BCUT2D eigenvalue weighted by Crippen LogP contribution is -2.42. The molecule has 2 atom stereocenters. The molecule has 116 valence electrons. The molecule has 0 amide bonds. The maximum absolute atomic E-state index is 13.6. The first kappa shape index (κ1) is 16.3. The normalized spacial score (nSPS) is 24.0. The van der Waals surface area contributed by atoms with Crippen LogP contribution in [0.2, 0.25) is 0 Å². The molecule has 1 fully saturated rings. The number of nitrogens with zero attached hydrogens (tertiary/aromatic N) is 1. The van der Waals surface area contributed by atoms with E-state index in [2.05, 4.69) is 6.92 Å². The Bertz CT molecular complexity index is 661. The molecular weight excluding hydrogens is 311 g/mol. The van der Waals surface area contributed by atoms with Gasteiger partial charge in [-0.2, -0.15) is 4.31 Å². The van der Waals surface area contributed by atoms with Crippen LogP contribution in [-0.4, -0.2) is 30.8 Å². The molecule has 0 saturated carbocycles. The van der Waals surface area contributed by atoms with Gasteiger partial charge in [-0.05, 0) is 36.5 Å². The lowest BCUT2D eigenvalue weighted by Gasteiger charge is -2.34. The first-order valence-corrected chi connectivity index (χ1v) is 8.68. The molecule has 1 heterocycles. The summed E-state index contributed by atoms with van der Waals surface area (Å²) in [6, 6.07) is 3.57. The van der Waals surface area contributed by atoms with Crippen molar-refractivity contribution in [2.45, 2.75) is 25.2 Å². The maximum Gasteiger partial charge on any atom is 0.243 e. The number of benzene rings is 1. The highest BCUT2D eigenvalue weighted by Gasteiger charge is 2.32. The lowest BCUT2D eigenvalue weighted by atomic mass is 9.90. The van der Waals surface area contributed by atoms with Gasteiger partial charge in [0.05, 0.1) is 4.90 Å². The molecule has 2 unspecified atom stereocenters. The Hall–Kier alpha value is -1.05. The summed E-state index contributed by atoms with van der Waals surface area (Å²) >= 11 is 4.75. The molecule has 0 bridgehead atoms. The van der Waals surface area contributed by atoms with E-state index in [1.54, 1.807) is 0 Å². The average Bonchev–Trinajstić information content (AvgIpc) is 2.41. The van der Waals surface area contributed by atoms with E-state index < -0.39 is 15.8 Å². The van der Waals surface area contributed by atoms with Gasteiger partial charge < -0.3 is 5.73 Å². The summed E-state index contributed by atoms with van der Waals surface area (Å²) in [6.07, 6.45) is 0.823. The molecule has 0 radical (unpaired) electrons. The number of thiocarbonyl (C=S) groups is 1. The third-order valence-corrected chi connectivity index (χ3v) is 6.22. The van der Waals surface area contributed by atoms with Gasteiger partial charge in [0.2, 0.25) is 10.0 Å². The lowest BCUT2D eigenvalue weighted by molar-refractivity contribution is 0.212. The molecule has 7 heteroatoms. The molecule has 0 aliphatic carbocycles. The van der Waals surface area contributed by atoms with Gasteiger partial charge in [0.15, 0.2) is 0 Å². The first-order valence-electron chi connectivity index (χ1n) is 6.83. The summed E-state index contributed by atoms with van der Waals surface area (Å²) in [5.41, 5.74) is 5.39. The Labute approximate surface area is 130 Å². The van der Waals surface area contributed by atoms with Crippen LogP contribution in [0, 0.1) is 17.7 Å². The number of hydrogen-bond acceptors (Lipinski definition) is 3. The standard InChI is InChI=1S/C14H19FN2O2S2/c1-9-5-6-17(8-10(9)2)21(18,19)11-3-4-13(15)12(7-11)14(16)20/h3-4,7,9-10H,5-6,8H2,1-2H3,(H2,16,20). The van der Waals surface area contributed by atoms with Crippen molar-refractivity contribution in [2.24, 2.45) is 17.6 Å². The highest BCUT2D eigenvalue weighted by Crippen LogP contribution is 2.28. The minimum absolute atomic E-state index is 0.0356. The minimum Gasteiger partial charge on any atom is -0.389 e. The second-order valence-corrected chi connectivity index (χ2v) is 7.99. The van der Waals surface area contributed by atoms with E-state index >= 15 is 0 Å². The maximum atomic E-state index is 13.6. The van der Waals surface area contributed by atoms with Crippen molar-refractivity contribution < 1.29 is 12.8 Å². The highest BCUT2D eigenvalue weighted by atomic mass is 32.2. The van der Waals surface area contributed by atoms with Gasteiger partial charge in [-0.3, -0.25) is 0 Å². The quantitative estimate of drug-likeness (QED) is 0.863. The van der Waals surface area contributed by atoms with Crippen LogP contribution in [0.25, 0.3) is 0 Å². The third-order valence-electron chi connectivity index (χ3n) is 4.14. The van der Waals surface area contributed by atoms with Gasteiger partial charge in [-0.1, -0.05) is 26.1 Å². The number of rotatable bonds is 3. The fraction of sp³-hybridized carbons (Fsp3) is 0.500. The van der Waals surface area contributed by atoms with E-state index in [4.69, 9.17) is 18.0 Å².